The Bertz CT molecular complexity index is 668. The van der Waals surface area contributed by atoms with Crippen LogP contribution < -0.4 is 5.32 Å². The fourth-order valence-electron chi connectivity index (χ4n) is 3.03. The van der Waals surface area contributed by atoms with Crippen molar-refractivity contribution in [2.45, 2.75) is 44.4 Å². The lowest BCUT2D eigenvalue weighted by Crippen LogP contribution is -2.50. The summed E-state index contributed by atoms with van der Waals surface area (Å²) in [6, 6.07) is 6.98. The first kappa shape index (κ1) is 20.9. The molecule has 0 saturated carbocycles. The summed E-state index contributed by atoms with van der Waals surface area (Å²) >= 11 is 0. The van der Waals surface area contributed by atoms with E-state index in [1.807, 2.05) is 19.1 Å². The summed E-state index contributed by atoms with van der Waals surface area (Å²) < 4.78 is 27.5. The number of aryl methyl sites for hydroxylation is 1. The minimum Gasteiger partial charge on any atom is -0.339 e. The first-order chi connectivity index (χ1) is 12.5. The number of nitrogens with one attached hydrogen (secondary N) is 1. The van der Waals surface area contributed by atoms with E-state index in [1.54, 1.807) is 17.0 Å². The van der Waals surface area contributed by atoms with Crippen molar-refractivity contribution in [3.8, 4) is 0 Å². The third-order valence-electron chi connectivity index (χ3n) is 4.76. The third kappa shape index (κ3) is 5.53. The molecule has 0 aliphatic carbocycles. The van der Waals surface area contributed by atoms with E-state index >= 15 is 0 Å². The molecule has 7 heteroatoms. The van der Waals surface area contributed by atoms with E-state index < -0.39 is 10.0 Å². The van der Waals surface area contributed by atoms with Gasteiger partial charge in [0.25, 0.3) is 0 Å². The van der Waals surface area contributed by atoms with Crippen LogP contribution in [-0.4, -0.2) is 62.8 Å². The molecule has 0 atom stereocenters. The van der Waals surface area contributed by atoms with Gasteiger partial charge in [0.15, 0.2) is 0 Å². The molecule has 1 fully saturated rings. The van der Waals surface area contributed by atoms with Gasteiger partial charge < -0.3 is 10.2 Å². The molecule has 1 aromatic rings. The number of amides is 1. The zero-order valence-electron chi connectivity index (χ0n) is 15.9. The Morgan fingerprint density at radius 1 is 1.12 bits per heavy atom. The van der Waals surface area contributed by atoms with Gasteiger partial charge in [-0.25, -0.2) is 8.42 Å². The molecule has 0 aromatic heterocycles. The first-order valence-corrected chi connectivity index (χ1v) is 11.0. The SMILES string of the molecule is CCCCCN(CC(=O)N1CCNCC1)S(=O)(=O)c1ccc(CC)cc1. The predicted molar refractivity (Wildman–Crippen MR) is 104 cm³/mol. The van der Waals surface area contributed by atoms with Crippen molar-refractivity contribution >= 4 is 15.9 Å². The predicted octanol–water partition coefficient (Wildman–Crippen LogP) is 1.86. The number of rotatable bonds is 9. The highest BCUT2D eigenvalue weighted by Crippen LogP contribution is 2.18. The largest absolute Gasteiger partial charge is 0.339 e. The molecule has 1 amide bonds. The number of nitrogens with zero attached hydrogens (tertiary/aromatic N) is 2. The number of carbonyl (C=O) groups excluding carboxylic acids is 1. The second-order valence-electron chi connectivity index (χ2n) is 6.67. The summed E-state index contributed by atoms with van der Waals surface area (Å²) in [5, 5.41) is 3.21. The van der Waals surface area contributed by atoms with Crippen LogP contribution in [0.15, 0.2) is 29.2 Å². The zero-order chi connectivity index (χ0) is 19.0. The summed E-state index contributed by atoms with van der Waals surface area (Å²) in [5.41, 5.74) is 1.10. The van der Waals surface area contributed by atoms with E-state index in [0.717, 1.165) is 44.3 Å². The van der Waals surface area contributed by atoms with Crippen molar-refractivity contribution < 1.29 is 13.2 Å². The Hall–Kier alpha value is -1.44. The maximum atomic E-state index is 13.1. The van der Waals surface area contributed by atoms with Crippen molar-refractivity contribution in [3.63, 3.8) is 0 Å². The molecule has 1 aromatic carbocycles. The van der Waals surface area contributed by atoms with Crippen molar-refractivity contribution in [3.05, 3.63) is 29.8 Å². The maximum Gasteiger partial charge on any atom is 0.243 e. The van der Waals surface area contributed by atoms with Gasteiger partial charge in [-0.3, -0.25) is 4.79 Å². The summed E-state index contributed by atoms with van der Waals surface area (Å²) in [6.07, 6.45) is 3.58. The van der Waals surface area contributed by atoms with Crippen LogP contribution in [0, 0.1) is 0 Å². The quantitative estimate of drug-likeness (QED) is 0.663. The topological polar surface area (TPSA) is 69.7 Å². The summed E-state index contributed by atoms with van der Waals surface area (Å²) in [7, 11) is -3.67. The number of carbonyl (C=O) groups is 1. The van der Waals surface area contributed by atoms with E-state index in [-0.39, 0.29) is 17.3 Å². The van der Waals surface area contributed by atoms with Crippen LogP contribution in [0.5, 0.6) is 0 Å². The van der Waals surface area contributed by atoms with Gasteiger partial charge in [0.1, 0.15) is 0 Å². The third-order valence-corrected chi connectivity index (χ3v) is 6.62. The van der Waals surface area contributed by atoms with Crippen LogP contribution in [0.3, 0.4) is 0 Å². The van der Waals surface area contributed by atoms with E-state index in [4.69, 9.17) is 0 Å². The molecule has 1 saturated heterocycles. The van der Waals surface area contributed by atoms with Gasteiger partial charge in [-0.2, -0.15) is 4.31 Å². The molecule has 2 rings (SSSR count). The minimum absolute atomic E-state index is 0.0818. The monoisotopic (exact) mass is 381 g/mol. The van der Waals surface area contributed by atoms with Crippen LogP contribution in [0.2, 0.25) is 0 Å². The van der Waals surface area contributed by atoms with Gasteiger partial charge in [-0.05, 0) is 30.5 Å². The highest BCUT2D eigenvalue weighted by molar-refractivity contribution is 7.89. The van der Waals surface area contributed by atoms with Crippen LogP contribution in [0.25, 0.3) is 0 Å². The number of hydrogen-bond acceptors (Lipinski definition) is 4. The Balaban J connectivity index is 2.16. The van der Waals surface area contributed by atoms with E-state index in [0.29, 0.717) is 19.6 Å². The summed E-state index contributed by atoms with van der Waals surface area (Å²) in [6.45, 7) is 7.19. The Labute approximate surface area is 157 Å². The fourth-order valence-corrected chi connectivity index (χ4v) is 4.46. The van der Waals surface area contributed by atoms with Gasteiger partial charge in [-0.1, -0.05) is 38.8 Å². The lowest BCUT2D eigenvalue weighted by molar-refractivity contribution is -0.131. The van der Waals surface area contributed by atoms with Crippen molar-refractivity contribution in [2.75, 3.05) is 39.3 Å². The molecule has 0 spiro atoms. The molecule has 26 heavy (non-hydrogen) atoms. The van der Waals surface area contributed by atoms with Gasteiger partial charge in [0.2, 0.25) is 15.9 Å². The number of piperazine rings is 1. The van der Waals surface area contributed by atoms with Crippen molar-refractivity contribution in [1.29, 1.82) is 0 Å². The van der Waals surface area contributed by atoms with Gasteiger partial charge >= 0.3 is 0 Å². The number of hydrogen-bond donors (Lipinski definition) is 1. The molecule has 1 heterocycles. The molecule has 1 aliphatic heterocycles. The second-order valence-corrected chi connectivity index (χ2v) is 8.61. The summed E-state index contributed by atoms with van der Waals surface area (Å²) in [5.74, 6) is -0.114. The molecule has 6 nitrogen and oxygen atoms in total. The molecular formula is C19H31N3O3S. The van der Waals surface area contributed by atoms with E-state index in [2.05, 4.69) is 12.2 Å². The van der Waals surface area contributed by atoms with Crippen LogP contribution in [0.4, 0.5) is 0 Å². The van der Waals surface area contributed by atoms with Gasteiger partial charge in [0, 0.05) is 32.7 Å². The average molecular weight is 382 g/mol. The van der Waals surface area contributed by atoms with Crippen LogP contribution >= 0.6 is 0 Å². The lowest BCUT2D eigenvalue weighted by Gasteiger charge is -2.30. The van der Waals surface area contributed by atoms with E-state index in [1.165, 1.54) is 4.31 Å². The number of sulfonamides is 1. The Morgan fingerprint density at radius 2 is 1.77 bits per heavy atom. The fraction of sp³-hybridized carbons (Fsp3) is 0.632. The molecule has 0 radical (unpaired) electrons. The standard InChI is InChI=1S/C19H31N3O3S/c1-3-5-6-13-22(16-19(23)21-14-11-20-12-15-21)26(24,25)18-9-7-17(4-2)8-10-18/h7-10,20H,3-6,11-16H2,1-2H3. The smallest absolute Gasteiger partial charge is 0.243 e. The highest BCUT2D eigenvalue weighted by Gasteiger charge is 2.28. The molecule has 1 N–H and O–H groups in total. The molecule has 146 valence electrons. The minimum atomic E-state index is -3.67. The molecular weight excluding hydrogens is 350 g/mol. The first-order valence-electron chi connectivity index (χ1n) is 9.56. The Kier molecular flexibility index (Phi) is 8.06. The van der Waals surface area contributed by atoms with Crippen LogP contribution in [-0.2, 0) is 21.2 Å². The Morgan fingerprint density at radius 3 is 2.35 bits per heavy atom. The molecule has 0 bridgehead atoms. The van der Waals surface area contributed by atoms with Crippen LogP contribution in [0.1, 0.15) is 38.7 Å². The average Bonchev–Trinajstić information content (AvgIpc) is 2.68. The lowest BCUT2D eigenvalue weighted by atomic mass is 10.2. The molecule has 0 unspecified atom stereocenters. The van der Waals surface area contributed by atoms with Crippen molar-refractivity contribution in [1.82, 2.24) is 14.5 Å². The zero-order valence-corrected chi connectivity index (χ0v) is 16.7. The van der Waals surface area contributed by atoms with Gasteiger partial charge in [-0.15, -0.1) is 0 Å². The van der Waals surface area contributed by atoms with E-state index in [9.17, 15) is 13.2 Å². The summed E-state index contributed by atoms with van der Waals surface area (Å²) in [4.78, 5) is 14.6. The second kappa shape index (κ2) is 10.0. The highest BCUT2D eigenvalue weighted by atomic mass is 32.2. The maximum absolute atomic E-state index is 13.1. The molecule has 1 aliphatic rings. The van der Waals surface area contributed by atoms with Crippen molar-refractivity contribution in [2.24, 2.45) is 0 Å². The van der Waals surface area contributed by atoms with Gasteiger partial charge in [0.05, 0.1) is 11.4 Å². The number of benzene rings is 1. The number of unbranched alkanes of at least 4 members (excludes halogenated alkanes) is 2. The normalized spacial score (nSPS) is 15.4.